The van der Waals surface area contributed by atoms with E-state index in [0.29, 0.717) is 35.7 Å². The molecule has 324 valence electrons. The van der Waals surface area contributed by atoms with E-state index in [1.807, 2.05) is 51.1 Å². The van der Waals surface area contributed by atoms with Crippen molar-refractivity contribution in [1.82, 2.24) is 24.1 Å². The van der Waals surface area contributed by atoms with Gasteiger partial charge >= 0.3 is 0 Å². The van der Waals surface area contributed by atoms with E-state index in [-0.39, 0.29) is 23.8 Å². The fraction of sp³-hybridized carbons (Fsp3) is 0.392. The molecule has 1 aliphatic heterocycles. The molecule has 1 aromatic carbocycles. The summed E-state index contributed by atoms with van der Waals surface area (Å²) in [4.78, 5) is 38.0. The second-order valence-electron chi connectivity index (χ2n) is 14.8. The highest BCUT2D eigenvalue weighted by Gasteiger charge is 2.19. The molecule has 8 rings (SSSR count). The van der Waals surface area contributed by atoms with Gasteiger partial charge in [0.25, 0.3) is 11.1 Å². The lowest BCUT2D eigenvalue weighted by atomic mass is 10.0. The maximum absolute atomic E-state index is 12.7. The van der Waals surface area contributed by atoms with Crippen molar-refractivity contribution in [3.05, 3.63) is 158 Å². The van der Waals surface area contributed by atoms with E-state index in [0.717, 1.165) is 72.9 Å². The number of nitrogens with zero attached hydrogens (tertiary/aromatic N) is 5. The number of hydrogen-bond donors (Lipinski definition) is 0. The van der Waals surface area contributed by atoms with Crippen LogP contribution in [0.5, 0.6) is 11.5 Å². The van der Waals surface area contributed by atoms with Crippen LogP contribution in [0.2, 0.25) is 0 Å². The van der Waals surface area contributed by atoms with E-state index < -0.39 is 0 Å². The monoisotopic (exact) mass is 837 g/mol. The Labute approximate surface area is 366 Å². The summed E-state index contributed by atoms with van der Waals surface area (Å²) >= 11 is 0. The minimum atomic E-state index is -0.114. The molecule has 4 aromatic heterocycles. The molecule has 1 unspecified atom stereocenters. The number of aromatic nitrogens is 5. The van der Waals surface area contributed by atoms with E-state index in [4.69, 9.17) is 18.9 Å². The molecule has 0 N–H and O–H groups in total. The zero-order valence-electron chi connectivity index (χ0n) is 36.8. The van der Waals surface area contributed by atoms with Gasteiger partial charge in [0.15, 0.2) is 5.82 Å². The predicted octanol–water partition coefficient (Wildman–Crippen LogP) is 8.62. The fourth-order valence-corrected chi connectivity index (χ4v) is 6.24. The Hall–Kier alpha value is -6.27. The molecule has 0 spiro atoms. The van der Waals surface area contributed by atoms with Crippen LogP contribution in [0.15, 0.2) is 108 Å². The van der Waals surface area contributed by atoms with Crippen LogP contribution in [0.1, 0.15) is 105 Å². The molecule has 0 radical (unpaired) electrons. The second kappa shape index (κ2) is 24.9. The number of rotatable bonds is 11. The van der Waals surface area contributed by atoms with E-state index >= 15 is 0 Å². The molecule has 2 aliphatic carbocycles. The number of aryl methyl sites for hydroxylation is 1. The zero-order chi connectivity index (χ0) is 44.1. The van der Waals surface area contributed by atoms with Crippen molar-refractivity contribution in [1.29, 1.82) is 0 Å². The number of ether oxygens (including phenoxy) is 4. The van der Waals surface area contributed by atoms with Gasteiger partial charge in [-0.15, -0.1) is 0 Å². The average molecular weight is 838 g/mol. The Bertz CT molecular complexity index is 2420. The molecular formula is C51H59N5O6. The minimum Gasteiger partial charge on any atom is -0.485 e. The largest absolute Gasteiger partial charge is 0.485 e. The summed E-state index contributed by atoms with van der Waals surface area (Å²) in [6.45, 7) is 17.4. The number of pyridine rings is 3. The van der Waals surface area contributed by atoms with Crippen molar-refractivity contribution in [2.45, 2.75) is 92.3 Å². The lowest BCUT2D eigenvalue weighted by Gasteiger charge is -2.19. The Morgan fingerprint density at radius 3 is 2.10 bits per heavy atom. The third-order valence-corrected chi connectivity index (χ3v) is 9.97. The molecule has 62 heavy (non-hydrogen) atoms. The van der Waals surface area contributed by atoms with Crippen LogP contribution in [0.3, 0.4) is 0 Å². The van der Waals surface area contributed by atoms with Crippen molar-refractivity contribution in [3.8, 4) is 35.2 Å². The summed E-state index contributed by atoms with van der Waals surface area (Å²) in [5.74, 6) is 15.8. The van der Waals surface area contributed by atoms with Gasteiger partial charge in [-0.3, -0.25) is 14.6 Å². The lowest BCUT2D eigenvalue weighted by molar-refractivity contribution is -0.0334. The molecule has 0 amide bonds. The molecule has 11 nitrogen and oxygen atoms in total. The second-order valence-corrected chi connectivity index (χ2v) is 14.8. The van der Waals surface area contributed by atoms with Gasteiger partial charge in [-0.25, -0.2) is 9.97 Å². The summed E-state index contributed by atoms with van der Waals surface area (Å²) in [6, 6.07) is 18.4. The van der Waals surface area contributed by atoms with Crippen LogP contribution in [0, 0.1) is 49.4 Å². The fourth-order valence-electron chi connectivity index (χ4n) is 6.24. The smallest absolute Gasteiger partial charge is 0.254 e. The molecule has 5 aromatic rings. The number of hydrogen-bond acceptors (Lipinski definition) is 9. The quantitative estimate of drug-likeness (QED) is 0.0952. The predicted molar refractivity (Wildman–Crippen MR) is 243 cm³/mol. The molecular weight excluding hydrogens is 779 g/mol. The van der Waals surface area contributed by atoms with Crippen LogP contribution in [0.4, 0.5) is 0 Å². The average Bonchev–Trinajstić information content (AvgIpc) is 4.25. The van der Waals surface area contributed by atoms with Gasteiger partial charge < -0.3 is 28.1 Å². The standard InChI is InChI=1S/C24H23N3O2.C21H22N2O2.C4H8O2.C2H6/c1-17-13-22(29-16-23-25-11-4-12-26-23)14-24(28)27(17)15-21-6-3-5-20(18(21)2)10-9-19-7-8-19;1-3-5-20(23-13-12-18(25-4-2)14-21(23)24)19-11-10-17(15-22-19)9-8-16-6-7-16;1-2-6-4-3-5-1;1-2/h3-6,11-14,19H,7-8,15-16H2,1-2H3;4,10-16,20H,2-3,5-7H2,1H3;1-4H2;1-2H3. The first-order chi connectivity index (χ1) is 30.3. The van der Waals surface area contributed by atoms with Crippen molar-refractivity contribution < 1.29 is 18.9 Å². The van der Waals surface area contributed by atoms with E-state index in [9.17, 15) is 9.59 Å². The Balaban J connectivity index is 0.000000201. The SMILES string of the molecule is C1COCCO1.C=COc1ccn(C(CCC)c2ccc(C#CC3CC3)cn2)c(=O)c1.CC.Cc1c(C#CC2CC2)cccc1Cn1c(C)cc(OCc2ncccn2)cc1=O. The third-order valence-electron chi connectivity index (χ3n) is 9.97. The van der Waals surface area contributed by atoms with Gasteiger partial charge in [0.05, 0.1) is 51.0 Å². The first-order valence-electron chi connectivity index (χ1n) is 21.6. The van der Waals surface area contributed by atoms with Crippen LogP contribution < -0.4 is 20.6 Å². The Morgan fingerprint density at radius 1 is 0.839 bits per heavy atom. The first kappa shape index (κ1) is 46.8. The molecule has 1 atom stereocenters. The van der Waals surface area contributed by atoms with E-state index in [1.54, 1.807) is 46.1 Å². The minimum absolute atomic E-state index is 0.0946. The van der Waals surface area contributed by atoms with Crippen LogP contribution in [-0.2, 0) is 22.6 Å². The topological polar surface area (TPSA) is 120 Å². The lowest BCUT2D eigenvalue weighted by Crippen LogP contribution is -2.25. The molecule has 1 saturated heterocycles. The van der Waals surface area contributed by atoms with E-state index in [2.05, 4.69) is 65.1 Å². The highest BCUT2D eigenvalue weighted by atomic mass is 16.6. The maximum Gasteiger partial charge on any atom is 0.254 e. The molecule has 3 fully saturated rings. The Morgan fingerprint density at radius 2 is 1.52 bits per heavy atom. The van der Waals surface area contributed by atoms with Crippen molar-refractivity contribution in [2.24, 2.45) is 11.8 Å². The van der Waals surface area contributed by atoms with Crippen molar-refractivity contribution >= 4 is 0 Å². The highest BCUT2D eigenvalue weighted by molar-refractivity contribution is 5.46. The molecule has 2 saturated carbocycles. The summed E-state index contributed by atoms with van der Waals surface area (Å²) in [7, 11) is 0. The normalized spacial score (nSPS) is 14.2. The zero-order valence-corrected chi connectivity index (χ0v) is 36.8. The van der Waals surface area contributed by atoms with E-state index in [1.165, 1.54) is 44.1 Å². The Kier molecular flexibility index (Phi) is 18.8. The maximum atomic E-state index is 12.7. The summed E-state index contributed by atoms with van der Waals surface area (Å²) in [5, 5.41) is 0. The van der Waals surface area contributed by atoms with Gasteiger partial charge in [-0.2, -0.15) is 0 Å². The number of benzene rings is 1. The molecule has 0 bridgehead atoms. The van der Waals surface area contributed by atoms with Crippen LogP contribution >= 0.6 is 0 Å². The van der Waals surface area contributed by atoms with Crippen molar-refractivity contribution in [3.63, 3.8) is 0 Å². The molecule has 5 heterocycles. The third kappa shape index (κ3) is 15.0. The van der Waals surface area contributed by atoms with Gasteiger partial charge in [0.1, 0.15) is 18.1 Å². The van der Waals surface area contributed by atoms with Gasteiger partial charge in [0, 0.05) is 65.6 Å². The van der Waals surface area contributed by atoms with Crippen LogP contribution in [-0.4, -0.2) is 50.5 Å². The van der Waals surface area contributed by atoms with Gasteiger partial charge in [-0.1, -0.05) is 69.6 Å². The van der Waals surface area contributed by atoms with Gasteiger partial charge in [-0.05, 0) is 93.5 Å². The summed E-state index contributed by atoms with van der Waals surface area (Å²) in [5.41, 5.74) is 5.71. The molecule has 3 aliphatic rings. The first-order valence-corrected chi connectivity index (χ1v) is 21.6. The molecule has 11 heteroatoms. The summed E-state index contributed by atoms with van der Waals surface area (Å²) < 4.78 is 24.2. The van der Waals surface area contributed by atoms with Crippen LogP contribution in [0.25, 0.3) is 0 Å². The summed E-state index contributed by atoms with van der Waals surface area (Å²) in [6.07, 6.45) is 14.8. The van der Waals surface area contributed by atoms with Gasteiger partial charge in [0.2, 0.25) is 0 Å². The highest BCUT2D eigenvalue weighted by Crippen LogP contribution is 2.29. The van der Waals surface area contributed by atoms with Crippen molar-refractivity contribution in [2.75, 3.05) is 26.4 Å².